The Morgan fingerprint density at radius 3 is 2.52 bits per heavy atom. The van der Waals surface area contributed by atoms with Gasteiger partial charge >= 0.3 is 0 Å². The smallest absolute Gasteiger partial charge is 0.292 e. The third-order valence-corrected chi connectivity index (χ3v) is 3.38. The van der Waals surface area contributed by atoms with Crippen LogP contribution in [0.5, 0.6) is 0 Å². The molecule has 2 aromatic rings. The van der Waals surface area contributed by atoms with Crippen molar-refractivity contribution in [3.63, 3.8) is 0 Å². The first kappa shape index (κ1) is 17.7. The largest absolute Gasteiger partial charge is 0.355 e. The molecule has 0 saturated heterocycles. The molecule has 0 aliphatic rings. The Hall–Kier alpha value is -3.66. The second-order valence-electron chi connectivity index (χ2n) is 5.08. The van der Waals surface area contributed by atoms with Crippen molar-refractivity contribution in [2.24, 2.45) is 0 Å². The number of para-hydroxylation sites is 2. The molecule has 0 fully saturated rings. The highest BCUT2D eigenvalue weighted by Gasteiger charge is 2.13. The lowest BCUT2D eigenvalue weighted by atomic mass is 10.1. The molecule has 25 heavy (non-hydrogen) atoms. The molecule has 0 atom stereocenters. The molecule has 2 N–H and O–H groups in total. The van der Waals surface area contributed by atoms with Crippen LogP contribution in [-0.4, -0.2) is 17.4 Å². The molecule has 0 saturated carbocycles. The maximum atomic E-state index is 12.0. The molecule has 0 radical (unpaired) electrons. The molecule has 0 aliphatic carbocycles. The first-order valence-corrected chi connectivity index (χ1v) is 7.54. The zero-order valence-electron chi connectivity index (χ0n) is 13.3. The minimum absolute atomic E-state index is 0.138. The van der Waals surface area contributed by atoms with Crippen LogP contribution >= 0.6 is 0 Å². The monoisotopic (exact) mass is 336 g/mol. The van der Waals surface area contributed by atoms with Crippen LogP contribution in [0, 0.1) is 21.4 Å². The van der Waals surface area contributed by atoms with Crippen LogP contribution in [0.3, 0.4) is 0 Å². The molecule has 0 aromatic heterocycles. The summed E-state index contributed by atoms with van der Waals surface area (Å²) in [5, 5.41) is 25.4. The van der Waals surface area contributed by atoms with Gasteiger partial charge in [0.15, 0.2) is 0 Å². The number of benzene rings is 2. The summed E-state index contributed by atoms with van der Waals surface area (Å²) in [5.74, 6) is -0.537. The first-order chi connectivity index (χ1) is 12.1. The van der Waals surface area contributed by atoms with E-state index in [0.717, 1.165) is 5.56 Å². The van der Waals surface area contributed by atoms with Crippen molar-refractivity contribution in [1.29, 1.82) is 5.26 Å². The van der Waals surface area contributed by atoms with E-state index < -0.39 is 10.8 Å². The number of amides is 1. The van der Waals surface area contributed by atoms with Crippen molar-refractivity contribution < 1.29 is 9.72 Å². The summed E-state index contributed by atoms with van der Waals surface area (Å²) in [5.41, 5.74) is 0.979. The second kappa shape index (κ2) is 8.84. The Bertz CT molecular complexity index is 826. The fourth-order valence-corrected chi connectivity index (χ4v) is 2.11. The van der Waals surface area contributed by atoms with Crippen LogP contribution in [0.1, 0.15) is 5.56 Å². The van der Waals surface area contributed by atoms with Crippen molar-refractivity contribution in [3.05, 3.63) is 82.0 Å². The molecule has 0 unspecified atom stereocenters. The van der Waals surface area contributed by atoms with Crippen LogP contribution in [0.25, 0.3) is 0 Å². The number of hydrogen-bond donors (Lipinski definition) is 2. The van der Waals surface area contributed by atoms with Crippen molar-refractivity contribution in [3.8, 4) is 6.07 Å². The molecule has 126 valence electrons. The molecular formula is C18H16N4O3. The van der Waals surface area contributed by atoms with Gasteiger partial charge in [0, 0.05) is 18.8 Å². The van der Waals surface area contributed by atoms with Gasteiger partial charge in [0.1, 0.15) is 17.3 Å². The minimum atomic E-state index is -0.540. The van der Waals surface area contributed by atoms with Crippen LogP contribution in [-0.2, 0) is 11.2 Å². The van der Waals surface area contributed by atoms with E-state index in [2.05, 4.69) is 10.6 Å². The number of carbonyl (C=O) groups excluding carboxylic acids is 1. The fourth-order valence-electron chi connectivity index (χ4n) is 2.11. The van der Waals surface area contributed by atoms with Crippen molar-refractivity contribution in [2.45, 2.75) is 6.42 Å². The van der Waals surface area contributed by atoms with Crippen LogP contribution in [0.4, 0.5) is 11.4 Å². The van der Waals surface area contributed by atoms with E-state index in [4.69, 9.17) is 5.26 Å². The summed E-state index contributed by atoms with van der Waals surface area (Å²) in [6.07, 6.45) is 1.81. The molecule has 0 spiro atoms. The van der Waals surface area contributed by atoms with Crippen molar-refractivity contribution >= 4 is 17.3 Å². The molecular weight excluding hydrogens is 320 g/mol. The lowest BCUT2D eigenvalue weighted by Gasteiger charge is -2.06. The average molecular weight is 336 g/mol. The predicted octanol–water partition coefficient (Wildman–Crippen LogP) is 2.77. The molecule has 0 aliphatic heterocycles. The number of nitrogens with zero attached hydrogens (tertiary/aromatic N) is 2. The Balaban J connectivity index is 1.97. The van der Waals surface area contributed by atoms with Gasteiger partial charge in [-0.15, -0.1) is 0 Å². The highest BCUT2D eigenvalue weighted by molar-refractivity contribution is 5.97. The Labute approximate surface area is 144 Å². The fraction of sp³-hybridized carbons (Fsp3) is 0.111. The first-order valence-electron chi connectivity index (χ1n) is 7.54. The van der Waals surface area contributed by atoms with E-state index in [-0.39, 0.29) is 16.9 Å². The minimum Gasteiger partial charge on any atom is -0.355 e. The maximum Gasteiger partial charge on any atom is 0.292 e. The number of anilines is 1. The number of rotatable bonds is 7. The normalized spacial score (nSPS) is 10.6. The van der Waals surface area contributed by atoms with Gasteiger partial charge in [0.05, 0.1) is 4.92 Å². The lowest BCUT2D eigenvalue weighted by molar-refractivity contribution is -0.383. The molecule has 7 heteroatoms. The Kier molecular flexibility index (Phi) is 6.25. The predicted molar refractivity (Wildman–Crippen MR) is 93.6 cm³/mol. The van der Waals surface area contributed by atoms with Gasteiger partial charge in [-0.1, -0.05) is 42.5 Å². The summed E-state index contributed by atoms with van der Waals surface area (Å²) < 4.78 is 0. The van der Waals surface area contributed by atoms with Crippen molar-refractivity contribution in [1.82, 2.24) is 5.32 Å². The highest BCUT2D eigenvalue weighted by atomic mass is 16.6. The topological polar surface area (TPSA) is 108 Å². The van der Waals surface area contributed by atoms with Gasteiger partial charge < -0.3 is 10.6 Å². The van der Waals surface area contributed by atoms with Crippen LogP contribution in [0.2, 0.25) is 0 Å². The van der Waals surface area contributed by atoms with Gasteiger partial charge in [0.2, 0.25) is 0 Å². The highest BCUT2D eigenvalue weighted by Crippen LogP contribution is 2.23. The number of carbonyl (C=O) groups is 1. The van der Waals surface area contributed by atoms with E-state index in [1.54, 1.807) is 12.1 Å². The third kappa shape index (κ3) is 5.18. The standard InChI is InChI=1S/C18H16N4O3/c19-12-15(13-21-16-8-4-5-9-17(16)22(24)25)18(23)20-11-10-14-6-2-1-3-7-14/h1-9,13,21H,10-11H2,(H,20,23)/b15-13-. The second-order valence-corrected chi connectivity index (χ2v) is 5.08. The zero-order valence-corrected chi connectivity index (χ0v) is 13.3. The molecule has 2 rings (SSSR count). The summed E-state index contributed by atoms with van der Waals surface area (Å²) >= 11 is 0. The Morgan fingerprint density at radius 1 is 1.16 bits per heavy atom. The summed E-state index contributed by atoms with van der Waals surface area (Å²) in [7, 11) is 0. The molecule has 2 aromatic carbocycles. The lowest BCUT2D eigenvalue weighted by Crippen LogP contribution is -2.27. The third-order valence-electron chi connectivity index (χ3n) is 3.38. The molecule has 0 bridgehead atoms. The molecule has 7 nitrogen and oxygen atoms in total. The SMILES string of the molecule is N#C/C(=C/Nc1ccccc1[N+](=O)[O-])C(=O)NCCc1ccccc1. The number of nitro benzene ring substituents is 1. The molecule has 0 heterocycles. The number of hydrogen-bond acceptors (Lipinski definition) is 5. The van der Waals surface area contributed by atoms with Crippen LogP contribution in [0.15, 0.2) is 66.4 Å². The average Bonchev–Trinajstić information content (AvgIpc) is 2.63. The number of nitriles is 1. The van der Waals surface area contributed by atoms with E-state index >= 15 is 0 Å². The number of nitro groups is 1. The van der Waals surface area contributed by atoms with Crippen LogP contribution < -0.4 is 10.6 Å². The van der Waals surface area contributed by atoms with Gasteiger partial charge in [-0.2, -0.15) is 5.26 Å². The Morgan fingerprint density at radius 2 is 1.84 bits per heavy atom. The zero-order chi connectivity index (χ0) is 18.1. The van der Waals surface area contributed by atoms with E-state index in [1.807, 2.05) is 30.3 Å². The van der Waals surface area contributed by atoms with Gasteiger partial charge in [0.25, 0.3) is 11.6 Å². The molecule has 1 amide bonds. The summed E-state index contributed by atoms with van der Waals surface area (Å²) in [6.45, 7) is 0.382. The quantitative estimate of drug-likeness (QED) is 0.350. The summed E-state index contributed by atoms with van der Waals surface area (Å²) in [6, 6.07) is 17.4. The van der Waals surface area contributed by atoms with Gasteiger partial charge in [-0.3, -0.25) is 14.9 Å². The van der Waals surface area contributed by atoms with E-state index in [9.17, 15) is 14.9 Å². The maximum absolute atomic E-state index is 12.0. The van der Waals surface area contributed by atoms with Gasteiger partial charge in [-0.25, -0.2) is 0 Å². The summed E-state index contributed by atoms with van der Waals surface area (Å²) in [4.78, 5) is 22.4. The van der Waals surface area contributed by atoms with Crippen molar-refractivity contribution in [2.75, 3.05) is 11.9 Å². The van der Waals surface area contributed by atoms with E-state index in [0.29, 0.717) is 13.0 Å². The van der Waals surface area contributed by atoms with E-state index in [1.165, 1.54) is 24.4 Å². The number of nitrogens with one attached hydrogen (secondary N) is 2. The van der Waals surface area contributed by atoms with Gasteiger partial charge in [-0.05, 0) is 18.1 Å².